The Hall–Kier alpha value is -2.89. The molecule has 0 bridgehead atoms. The van der Waals surface area contributed by atoms with Crippen LogP contribution in [0.1, 0.15) is 19.4 Å². The Labute approximate surface area is 148 Å². The first-order chi connectivity index (χ1) is 12.2. The summed E-state index contributed by atoms with van der Waals surface area (Å²) in [5.41, 5.74) is 7.76. The van der Waals surface area contributed by atoms with Crippen LogP contribution >= 0.6 is 0 Å². The van der Waals surface area contributed by atoms with Crippen molar-refractivity contribution in [3.8, 4) is 17.2 Å². The van der Waals surface area contributed by atoms with Gasteiger partial charge < -0.3 is 25.3 Å². The number of aliphatic imine (C=N–C) groups is 1. The Bertz CT molecular complexity index is 717. The molecule has 0 aromatic heterocycles. The molecule has 25 heavy (non-hydrogen) atoms. The maximum Gasteiger partial charge on any atom is 0.193 e. The van der Waals surface area contributed by atoms with Crippen LogP contribution in [0.2, 0.25) is 0 Å². The smallest absolute Gasteiger partial charge is 0.193 e. The maximum atomic E-state index is 6.02. The zero-order valence-electron chi connectivity index (χ0n) is 14.9. The summed E-state index contributed by atoms with van der Waals surface area (Å²) in [4.78, 5) is 4.37. The van der Waals surface area contributed by atoms with Gasteiger partial charge in [0.15, 0.2) is 5.96 Å². The number of methoxy groups -OCH3 is 1. The van der Waals surface area contributed by atoms with Crippen molar-refractivity contribution in [2.45, 2.75) is 20.4 Å². The molecule has 0 saturated heterocycles. The van der Waals surface area contributed by atoms with Crippen molar-refractivity contribution in [2.75, 3.05) is 25.6 Å². The molecule has 134 valence electrons. The zero-order chi connectivity index (χ0) is 18.1. The fourth-order valence-electron chi connectivity index (χ4n) is 2.27. The van der Waals surface area contributed by atoms with Crippen molar-refractivity contribution in [3.05, 3.63) is 48.0 Å². The van der Waals surface area contributed by atoms with E-state index < -0.39 is 0 Å². The monoisotopic (exact) mass is 343 g/mol. The van der Waals surface area contributed by atoms with Crippen molar-refractivity contribution in [1.29, 1.82) is 0 Å². The minimum absolute atomic E-state index is 0.303. The third-order valence-corrected chi connectivity index (χ3v) is 3.39. The highest BCUT2D eigenvalue weighted by atomic mass is 16.5. The van der Waals surface area contributed by atoms with Crippen molar-refractivity contribution in [3.63, 3.8) is 0 Å². The van der Waals surface area contributed by atoms with Crippen LogP contribution in [0.15, 0.2) is 47.5 Å². The van der Waals surface area contributed by atoms with Gasteiger partial charge in [0.05, 0.1) is 32.6 Å². The molecule has 0 unspecified atom stereocenters. The Morgan fingerprint density at radius 2 is 1.84 bits per heavy atom. The minimum Gasteiger partial charge on any atom is -0.497 e. The Balaban J connectivity index is 2.11. The van der Waals surface area contributed by atoms with Gasteiger partial charge in [0.1, 0.15) is 17.2 Å². The SMILES string of the molecule is CCOc1ccc(OCC)c(NC(N)=NCc2cccc(OC)c2)c1. The third-order valence-electron chi connectivity index (χ3n) is 3.39. The molecular formula is C19H25N3O3. The van der Waals surface area contributed by atoms with E-state index in [-0.39, 0.29) is 0 Å². The van der Waals surface area contributed by atoms with Crippen LogP contribution in [-0.2, 0) is 6.54 Å². The number of benzene rings is 2. The quantitative estimate of drug-likeness (QED) is 0.567. The topological polar surface area (TPSA) is 78.1 Å². The Morgan fingerprint density at radius 1 is 1.04 bits per heavy atom. The summed E-state index contributed by atoms with van der Waals surface area (Å²) < 4.78 is 16.4. The third kappa shape index (κ3) is 5.60. The summed E-state index contributed by atoms with van der Waals surface area (Å²) in [7, 11) is 1.64. The molecule has 0 spiro atoms. The summed E-state index contributed by atoms with van der Waals surface area (Å²) in [5, 5.41) is 3.08. The van der Waals surface area contributed by atoms with Crippen LogP contribution < -0.4 is 25.3 Å². The average Bonchev–Trinajstić information content (AvgIpc) is 2.63. The molecule has 0 saturated carbocycles. The van der Waals surface area contributed by atoms with Crippen molar-refractivity contribution in [1.82, 2.24) is 0 Å². The van der Waals surface area contributed by atoms with E-state index in [9.17, 15) is 0 Å². The summed E-state index contributed by atoms with van der Waals surface area (Å²) in [5.74, 6) is 2.54. The second kappa shape index (κ2) is 9.42. The van der Waals surface area contributed by atoms with Gasteiger partial charge in [0.2, 0.25) is 0 Å². The van der Waals surface area contributed by atoms with Gasteiger partial charge in [-0.25, -0.2) is 4.99 Å². The van der Waals surface area contributed by atoms with Crippen molar-refractivity contribution >= 4 is 11.6 Å². The number of nitrogens with zero attached hydrogens (tertiary/aromatic N) is 1. The lowest BCUT2D eigenvalue weighted by Gasteiger charge is -2.14. The predicted molar refractivity (Wildman–Crippen MR) is 101 cm³/mol. The first-order valence-corrected chi connectivity index (χ1v) is 8.25. The van der Waals surface area contributed by atoms with E-state index in [1.807, 2.05) is 56.3 Å². The molecule has 0 heterocycles. The highest BCUT2D eigenvalue weighted by Gasteiger charge is 2.07. The number of ether oxygens (including phenoxy) is 3. The predicted octanol–water partition coefficient (Wildman–Crippen LogP) is 3.42. The van der Waals surface area contributed by atoms with E-state index in [1.165, 1.54) is 0 Å². The molecule has 0 aliphatic carbocycles. The Kier molecular flexibility index (Phi) is 6.95. The summed E-state index contributed by atoms with van der Waals surface area (Å²) in [6.45, 7) is 5.47. The van der Waals surface area contributed by atoms with Gasteiger partial charge in [-0.2, -0.15) is 0 Å². The molecule has 2 aromatic rings. The van der Waals surface area contributed by atoms with E-state index >= 15 is 0 Å². The summed E-state index contributed by atoms with van der Waals surface area (Å²) >= 11 is 0. The van der Waals surface area contributed by atoms with Crippen LogP contribution in [0, 0.1) is 0 Å². The summed E-state index contributed by atoms with van der Waals surface area (Å²) in [6, 6.07) is 13.3. The van der Waals surface area contributed by atoms with Crippen LogP contribution in [0.5, 0.6) is 17.2 Å². The second-order valence-electron chi connectivity index (χ2n) is 5.20. The van der Waals surface area contributed by atoms with Gasteiger partial charge in [-0.3, -0.25) is 0 Å². The fraction of sp³-hybridized carbons (Fsp3) is 0.316. The maximum absolute atomic E-state index is 6.02. The van der Waals surface area contributed by atoms with Gasteiger partial charge in [0.25, 0.3) is 0 Å². The number of hydrogen-bond acceptors (Lipinski definition) is 4. The number of hydrogen-bond donors (Lipinski definition) is 2. The van der Waals surface area contributed by atoms with E-state index in [4.69, 9.17) is 19.9 Å². The number of anilines is 1. The molecule has 0 atom stereocenters. The highest BCUT2D eigenvalue weighted by molar-refractivity contribution is 5.94. The first kappa shape index (κ1) is 18.4. The number of nitrogens with two attached hydrogens (primary N) is 1. The van der Waals surface area contributed by atoms with E-state index in [0.29, 0.717) is 31.5 Å². The van der Waals surface area contributed by atoms with Crippen LogP contribution in [0.3, 0.4) is 0 Å². The standard InChI is InChI=1S/C19H25N3O3/c1-4-24-16-9-10-18(25-5-2)17(12-16)22-19(20)21-13-14-7-6-8-15(11-14)23-3/h6-12H,4-5,13H2,1-3H3,(H3,20,21,22). The molecule has 2 aromatic carbocycles. The van der Waals surface area contributed by atoms with Crippen molar-refractivity contribution < 1.29 is 14.2 Å². The van der Waals surface area contributed by atoms with E-state index in [1.54, 1.807) is 7.11 Å². The minimum atomic E-state index is 0.303. The molecule has 6 heteroatoms. The summed E-state index contributed by atoms with van der Waals surface area (Å²) in [6.07, 6.45) is 0. The van der Waals surface area contributed by atoms with Crippen LogP contribution in [-0.4, -0.2) is 26.3 Å². The molecule has 0 amide bonds. The highest BCUT2D eigenvalue weighted by Crippen LogP contribution is 2.29. The molecule has 2 rings (SSSR count). The molecule has 6 nitrogen and oxygen atoms in total. The lowest BCUT2D eigenvalue weighted by Crippen LogP contribution is -2.23. The number of nitrogens with one attached hydrogen (secondary N) is 1. The number of rotatable bonds is 8. The van der Waals surface area contributed by atoms with Crippen molar-refractivity contribution in [2.24, 2.45) is 10.7 Å². The van der Waals surface area contributed by atoms with Gasteiger partial charge in [-0.05, 0) is 43.7 Å². The van der Waals surface area contributed by atoms with Crippen LogP contribution in [0.4, 0.5) is 5.69 Å². The van der Waals surface area contributed by atoms with Gasteiger partial charge in [-0.15, -0.1) is 0 Å². The fourth-order valence-corrected chi connectivity index (χ4v) is 2.27. The van der Waals surface area contributed by atoms with E-state index in [0.717, 1.165) is 22.7 Å². The van der Waals surface area contributed by atoms with Crippen LogP contribution in [0.25, 0.3) is 0 Å². The van der Waals surface area contributed by atoms with E-state index in [2.05, 4.69) is 10.3 Å². The molecule has 0 aliphatic rings. The normalized spacial score (nSPS) is 11.1. The van der Waals surface area contributed by atoms with Gasteiger partial charge in [0, 0.05) is 6.07 Å². The lowest BCUT2D eigenvalue weighted by molar-refractivity contribution is 0.332. The molecular weight excluding hydrogens is 318 g/mol. The lowest BCUT2D eigenvalue weighted by atomic mass is 10.2. The molecule has 3 N–H and O–H groups in total. The second-order valence-corrected chi connectivity index (χ2v) is 5.20. The number of guanidine groups is 1. The Morgan fingerprint density at radius 3 is 2.56 bits per heavy atom. The van der Waals surface area contributed by atoms with Gasteiger partial charge in [-0.1, -0.05) is 12.1 Å². The first-order valence-electron chi connectivity index (χ1n) is 8.25. The van der Waals surface area contributed by atoms with Gasteiger partial charge >= 0.3 is 0 Å². The molecule has 0 aliphatic heterocycles. The zero-order valence-corrected chi connectivity index (χ0v) is 14.9. The molecule has 0 radical (unpaired) electrons. The average molecular weight is 343 g/mol. The largest absolute Gasteiger partial charge is 0.497 e. The molecule has 0 fully saturated rings.